The van der Waals surface area contributed by atoms with Crippen molar-refractivity contribution in [1.29, 1.82) is 0 Å². The molecule has 25 heavy (non-hydrogen) atoms. The van der Waals surface area contributed by atoms with E-state index >= 15 is 0 Å². The molecular formula is C19H20N2O3S. The first-order valence-electron chi connectivity index (χ1n) is 8.07. The first kappa shape index (κ1) is 17.2. The molecule has 0 spiro atoms. The molecule has 0 unspecified atom stereocenters. The first-order chi connectivity index (χ1) is 12.1. The fourth-order valence-electron chi connectivity index (χ4n) is 2.50. The summed E-state index contributed by atoms with van der Waals surface area (Å²) >= 11 is 1.47. The molecule has 0 bridgehead atoms. The highest BCUT2D eigenvalue weighted by Crippen LogP contribution is 2.24. The van der Waals surface area contributed by atoms with Gasteiger partial charge in [0, 0.05) is 5.38 Å². The highest BCUT2D eigenvalue weighted by atomic mass is 32.1. The van der Waals surface area contributed by atoms with Crippen LogP contribution >= 0.6 is 11.3 Å². The van der Waals surface area contributed by atoms with E-state index in [1.807, 2.05) is 49.6 Å². The number of para-hydroxylation sites is 1. The molecule has 0 aliphatic rings. The van der Waals surface area contributed by atoms with E-state index in [2.05, 4.69) is 10.3 Å². The van der Waals surface area contributed by atoms with Crippen molar-refractivity contribution in [3.63, 3.8) is 0 Å². The Kier molecular flexibility index (Phi) is 5.50. The maximum absolute atomic E-state index is 12.0. The average molecular weight is 356 g/mol. The number of carbonyl (C=O) groups excluding carboxylic acids is 1. The molecule has 0 saturated carbocycles. The van der Waals surface area contributed by atoms with Crippen molar-refractivity contribution in [2.45, 2.75) is 20.3 Å². The Balaban J connectivity index is 1.44. The number of aryl methyl sites for hydroxylation is 2. The topological polar surface area (TPSA) is 64.4 Å². The molecular weight excluding hydrogens is 336 g/mol. The van der Waals surface area contributed by atoms with Crippen LogP contribution in [-0.4, -0.2) is 24.0 Å². The van der Waals surface area contributed by atoms with Gasteiger partial charge in [-0.3, -0.25) is 4.79 Å². The molecule has 0 aliphatic carbocycles. The van der Waals surface area contributed by atoms with Gasteiger partial charge in [0.25, 0.3) is 0 Å². The van der Waals surface area contributed by atoms with Crippen LogP contribution < -0.4 is 10.1 Å². The van der Waals surface area contributed by atoms with E-state index in [9.17, 15) is 4.79 Å². The molecule has 0 radical (unpaired) electrons. The fraction of sp³-hybridized carbons (Fsp3) is 0.263. The first-order valence-corrected chi connectivity index (χ1v) is 8.95. The summed E-state index contributed by atoms with van der Waals surface area (Å²) in [6.45, 7) is 4.92. The Morgan fingerprint density at radius 1 is 1.24 bits per heavy atom. The third kappa shape index (κ3) is 4.48. The third-order valence-electron chi connectivity index (χ3n) is 3.70. The monoisotopic (exact) mass is 356 g/mol. The second-order valence-corrected chi connectivity index (χ2v) is 6.58. The Bertz CT molecular complexity index is 820. The number of ether oxygens (including phenoxy) is 1. The Morgan fingerprint density at radius 3 is 2.76 bits per heavy atom. The maximum atomic E-state index is 12.0. The van der Waals surface area contributed by atoms with Gasteiger partial charge in [0.2, 0.25) is 5.91 Å². The van der Waals surface area contributed by atoms with Crippen molar-refractivity contribution in [1.82, 2.24) is 10.3 Å². The molecule has 3 rings (SSSR count). The number of amides is 1. The zero-order chi connectivity index (χ0) is 17.6. The van der Waals surface area contributed by atoms with Gasteiger partial charge in [-0.1, -0.05) is 18.2 Å². The van der Waals surface area contributed by atoms with Gasteiger partial charge in [0.1, 0.15) is 12.4 Å². The Labute approximate surface area is 150 Å². The zero-order valence-corrected chi connectivity index (χ0v) is 15.1. The Morgan fingerprint density at radius 2 is 2.04 bits per heavy atom. The minimum atomic E-state index is -0.0681. The molecule has 0 fully saturated rings. The number of aromatic nitrogens is 1. The summed E-state index contributed by atoms with van der Waals surface area (Å²) < 4.78 is 11.1. The summed E-state index contributed by atoms with van der Waals surface area (Å²) in [6, 6.07) is 9.70. The van der Waals surface area contributed by atoms with E-state index in [1.165, 1.54) is 11.3 Å². The van der Waals surface area contributed by atoms with E-state index in [0.717, 1.165) is 33.3 Å². The molecule has 1 aromatic carbocycles. The van der Waals surface area contributed by atoms with Gasteiger partial charge in [-0.05, 0) is 37.1 Å². The van der Waals surface area contributed by atoms with E-state index in [4.69, 9.17) is 9.15 Å². The van der Waals surface area contributed by atoms with Crippen LogP contribution in [0.25, 0.3) is 10.8 Å². The van der Waals surface area contributed by atoms with Gasteiger partial charge < -0.3 is 14.5 Å². The number of furan rings is 1. The van der Waals surface area contributed by atoms with Gasteiger partial charge >= 0.3 is 0 Å². The quantitative estimate of drug-likeness (QED) is 0.655. The molecule has 1 amide bonds. The van der Waals surface area contributed by atoms with Crippen LogP contribution in [0.5, 0.6) is 5.75 Å². The summed E-state index contributed by atoms with van der Waals surface area (Å²) in [6.07, 6.45) is 1.86. The lowest BCUT2D eigenvalue weighted by Crippen LogP contribution is -2.29. The van der Waals surface area contributed by atoms with Crippen molar-refractivity contribution in [2.75, 3.05) is 13.2 Å². The predicted molar refractivity (Wildman–Crippen MR) is 97.9 cm³/mol. The number of benzene rings is 1. The molecule has 0 saturated heterocycles. The Hall–Kier alpha value is -2.60. The minimum absolute atomic E-state index is 0.0681. The third-order valence-corrected chi connectivity index (χ3v) is 4.61. The molecule has 0 aliphatic heterocycles. The van der Waals surface area contributed by atoms with E-state index in [-0.39, 0.29) is 12.3 Å². The van der Waals surface area contributed by atoms with E-state index in [0.29, 0.717) is 13.2 Å². The fourth-order valence-corrected chi connectivity index (χ4v) is 3.28. The SMILES string of the molecule is Cc1cccc(C)c1OCCNC(=O)Cc1csc(-c2ccco2)n1. The molecule has 6 heteroatoms. The smallest absolute Gasteiger partial charge is 0.226 e. The molecule has 130 valence electrons. The van der Waals surface area contributed by atoms with Crippen molar-refractivity contribution in [3.05, 3.63) is 58.8 Å². The van der Waals surface area contributed by atoms with Crippen LogP contribution in [0.2, 0.25) is 0 Å². The number of hydrogen-bond acceptors (Lipinski definition) is 5. The second kappa shape index (κ2) is 7.98. The van der Waals surface area contributed by atoms with Crippen molar-refractivity contribution in [3.8, 4) is 16.5 Å². The zero-order valence-electron chi connectivity index (χ0n) is 14.2. The van der Waals surface area contributed by atoms with Gasteiger partial charge in [0.15, 0.2) is 10.8 Å². The minimum Gasteiger partial charge on any atom is -0.491 e. The molecule has 2 aromatic heterocycles. The number of nitrogens with one attached hydrogen (secondary N) is 1. The summed E-state index contributed by atoms with van der Waals surface area (Å²) in [5.41, 5.74) is 2.93. The molecule has 2 heterocycles. The van der Waals surface area contributed by atoms with E-state index < -0.39 is 0 Å². The number of nitrogens with zero attached hydrogens (tertiary/aromatic N) is 1. The van der Waals surface area contributed by atoms with Gasteiger partial charge in [0.05, 0.1) is 24.9 Å². The lowest BCUT2D eigenvalue weighted by atomic mass is 10.1. The van der Waals surface area contributed by atoms with Crippen molar-refractivity contribution >= 4 is 17.2 Å². The molecule has 5 nitrogen and oxygen atoms in total. The van der Waals surface area contributed by atoms with Crippen LogP contribution in [0.4, 0.5) is 0 Å². The molecule has 3 aromatic rings. The maximum Gasteiger partial charge on any atom is 0.226 e. The summed E-state index contributed by atoms with van der Waals surface area (Å²) in [5.74, 6) is 1.54. The van der Waals surface area contributed by atoms with Gasteiger partial charge in [-0.15, -0.1) is 11.3 Å². The average Bonchev–Trinajstić information content (AvgIpc) is 3.25. The molecule has 1 N–H and O–H groups in total. The largest absolute Gasteiger partial charge is 0.491 e. The number of thiazole rings is 1. The molecule has 0 atom stereocenters. The van der Waals surface area contributed by atoms with Gasteiger partial charge in [-0.2, -0.15) is 0 Å². The number of rotatable bonds is 7. The van der Waals surface area contributed by atoms with Crippen molar-refractivity contribution in [2.24, 2.45) is 0 Å². The van der Waals surface area contributed by atoms with Crippen LogP contribution in [-0.2, 0) is 11.2 Å². The van der Waals surface area contributed by atoms with Gasteiger partial charge in [-0.25, -0.2) is 4.98 Å². The second-order valence-electron chi connectivity index (χ2n) is 5.72. The predicted octanol–water partition coefficient (Wildman–Crippen LogP) is 3.76. The summed E-state index contributed by atoms with van der Waals surface area (Å²) in [7, 11) is 0. The lowest BCUT2D eigenvalue weighted by Gasteiger charge is -2.12. The van der Waals surface area contributed by atoms with Crippen LogP contribution in [0.1, 0.15) is 16.8 Å². The van der Waals surface area contributed by atoms with E-state index in [1.54, 1.807) is 6.26 Å². The van der Waals surface area contributed by atoms with Crippen LogP contribution in [0.3, 0.4) is 0 Å². The normalized spacial score (nSPS) is 10.6. The summed E-state index contributed by atoms with van der Waals surface area (Å²) in [4.78, 5) is 16.5. The number of carbonyl (C=O) groups is 1. The summed E-state index contributed by atoms with van der Waals surface area (Å²) in [5, 5.41) is 5.52. The standard InChI is InChI=1S/C19H20N2O3S/c1-13-5-3-6-14(2)18(13)24-10-8-20-17(22)11-15-12-25-19(21-15)16-7-4-9-23-16/h3-7,9,12H,8,10-11H2,1-2H3,(H,20,22). The number of hydrogen-bond donors (Lipinski definition) is 1. The highest BCUT2D eigenvalue weighted by molar-refractivity contribution is 7.13. The lowest BCUT2D eigenvalue weighted by molar-refractivity contribution is -0.120. The van der Waals surface area contributed by atoms with Crippen molar-refractivity contribution < 1.29 is 13.9 Å². The highest BCUT2D eigenvalue weighted by Gasteiger charge is 2.10. The van der Waals surface area contributed by atoms with Crippen LogP contribution in [0, 0.1) is 13.8 Å². The van der Waals surface area contributed by atoms with Crippen LogP contribution in [0.15, 0.2) is 46.4 Å².